The van der Waals surface area contributed by atoms with E-state index in [1.165, 1.54) is 0 Å². The van der Waals surface area contributed by atoms with Gasteiger partial charge in [-0.3, -0.25) is 14.5 Å². The van der Waals surface area contributed by atoms with E-state index in [0.29, 0.717) is 17.1 Å². The van der Waals surface area contributed by atoms with Crippen LogP contribution in [0.5, 0.6) is 0 Å². The molecule has 1 aromatic carbocycles. The number of anilines is 1. The van der Waals surface area contributed by atoms with Crippen molar-refractivity contribution in [2.45, 2.75) is 33.2 Å². The lowest BCUT2D eigenvalue weighted by Gasteiger charge is -2.14. The van der Waals surface area contributed by atoms with Crippen molar-refractivity contribution in [1.29, 1.82) is 0 Å². The smallest absolute Gasteiger partial charge is 0.325 e. The number of nitrogens with zero attached hydrogens (tertiary/aromatic N) is 1. The second-order valence-electron chi connectivity index (χ2n) is 6.06. The average molecular weight is 338 g/mol. The number of halogens is 1. The van der Waals surface area contributed by atoms with Crippen molar-refractivity contribution in [3.8, 4) is 0 Å². The lowest BCUT2D eigenvalue weighted by molar-refractivity contribution is -0.131. The number of benzene rings is 1. The highest BCUT2D eigenvalue weighted by atomic mass is 35.5. The molecular weight excluding hydrogens is 318 g/mol. The summed E-state index contributed by atoms with van der Waals surface area (Å²) in [5.74, 6) is -0.509. The van der Waals surface area contributed by atoms with Gasteiger partial charge in [-0.25, -0.2) is 4.79 Å². The summed E-state index contributed by atoms with van der Waals surface area (Å²) in [7, 11) is 0. The van der Waals surface area contributed by atoms with Crippen LogP contribution < -0.4 is 10.6 Å². The molecule has 0 aliphatic carbocycles. The summed E-state index contributed by atoms with van der Waals surface area (Å²) in [6.45, 7) is 5.45. The summed E-state index contributed by atoms with van der Waals surface area (Å²) in [6.07, 6.45) is 0.555. The molecule has 6 nitrogen and oxygen atoms in total. The number of rotatable bonds is 5. The third kappa shape index (κ3) is 4.22. The molecule has 124 valence electrons. The van der Waals surface area contributed by atoms with Gasteiger partial charge in [-0.15, -0.1) is 0 Å². The molecule has 1 aromatic rings. The minimum absolute atomic E-state index is 0.273. The molecule has 1 fully saturated rings. The number of nitrogens with one attached hydrogen (secondary N) is 2. The van der Waals surface area contributed by atoms with E-state index in [2.05, 4.69) is 10.6 Å². The van der Waals surface area contributed by atoms with Crippen molar-refractivity contribution in [1.82, 2.24) is 10.2 Å². The van der Waals surface area contributed by atoms with Crippen molar-refractivity contribution in [2.24, 2.45) is 5.92 Å². The number of aryl methyl sites for hydroxylation is 1. The number of imide groups is 1. The van der Waals surface area contributed by atoms with E-state index in [0.717, 1.165) is 10.5 Å². The minimum atomic E-state index is -0.549. The second kappa shape index (κ2) is 7.00. The molecule has 1 unspecified atom stereocenters. The van der Waals surface area contributed by atoms with Crippen molar-refractivity contribution < 1.29 is 14.4 Å². The van der Waals surface area contributed by atoms with Gasteiger partial charge in [0, 0.05) is 10.7 Å². The fourth-order valence-corrected chi connectivity index (χ4v) is 2.69. The number of hydrogen-bond acceptors (Lipinski definition) is 3. The molecule has 1 saturated heterocycles. The van der Waals surface area contributed by atoms with E-state index in [1.54, 1.807) is 18.2 Å². The summed E-state index contributed by atoms with van der Waals surface area (Å²) < 4.78 is 0. The van der Waals surface area contributed by atoms with E-state index in [4.69, 9.17) is 11.6 Å². The molecule has 1 atom stereocenters. The molecule has 1 aliphatic rings. The van der Waals surface area contributed by atoms with Crippen LogP contribution >= 0.6 is 11.6 Å². The van der Waals surface area contributed by atoms with Crippen LogP contribution in [0, 0.1) is 12.8 Å². The van der Waals surface area contributed by atoms with E-state index < -0.39 is 18.0 Å². The van der Waals surface area contributed by atoms with Crippen LogP contribution in [-0.4, -0.2) is 35.3 Å². The van der Waals surface area contributed by atoms with Crippen LogP contribution in [0.25, 0.3) is 0 Å². The van der Waals surface area contributed by atoms with Gasteiger partial charge in [0.25, 0.3) is 5.91 Å². The molecule has 4 amide bonds. The molecule has 0 bridgehead atoms. The van der Waals surface area contributed by atoms with Crippen molar-refractivity contribution in [3.63, 3.8) is 0 Å². The van der Waals surface area contributed by atoms with Gasteiger partial charge in [0.05, 0.1) is 0 Å². The zero-order chi connectivity index (χ0) is 17.1. The summed E-state index contributed by atoms with van der Waals surface area (Å²) in [4.78, 5) is 37.1. The van der Waals surface area contributed by atoms with E-state index in [1.807, 2.05) is 20.8 Å². The standard InChI is InChI=1S/C16H20ClN3O3/c1-9(2)6-13-15(22)20(16(23)19-13)8-14(21)18-12-5-4-11(17)7-10(12)3/h4-5,7,9,13H,6,8H2,1-3H3,(H,18,21)(H,19,23). The van der Waals surface area contributed by atoms with E-state index in [9.17, 15) is 14.4 Å². The molecular formula is C16H20ClN3O3. The number of urea groups is 1. The Morgan fingerprint density at radius 1 is 1.39 bits per heavy atom. The fourth-order valence-electron chi connectivity index (χ4n) is 2.46. The zero-order valence-corrected chi connectivity index (χ0v) is 14.1. The Morgan fingerprint density at radius 2 is 2.09 bits per heavy atom. The van der Waals surface area contributed by atoms with Gasteiger partial charge in [-0.1, -0.05) is 25.4 Å². The Hall–Kier alpha value is -2.08. The molecule has 2 N–H and O–H groups in total. The predicted octanol–water partition coefficient (Wildman–Crippen LogP) is 2.55. The first-order valence-electron chi connectivity index (χ1n) is 7.45. The Kier molecular flexibility index (Phi) is 5.26. The maximum atomic E-state index is 12.2. The van der Waals surface area contributed by atoms with Gasteiger partial charge in [-0.05, 0) is 43.0 Å². The van der Waals surface area contributed by atoms with Crippen LogP contribution in [0.3, 0.4) is 0 Å². The lowest BCUT2D eigenvalue weighted by atomic mass is 10.0. The third-order valence-corrected chi connectivity index (χ3v) is 3.81. The lowest BCUT2D eigenvalue weighted by Crippen LogP contribution is -2.38. The summed E-state index contributed by atoms with van der Waals surface area (Å²) in [5, 5.41) is 5.88. The van der Waals surface area contributed by atoms with Gasteiger partial charge < -0.3 is 10.6 Å². The summed E-state index contributed by atoms with van der Waals surface area (Å²) in [6, 6.07) is 4.00. The highest BCUT2D eigenvalue weighted by Gasteiger charge is 2.38. The molecule has 0 spiro atoms. The van der Waals surface area contributed by atoms with Crippen LogP contribution in [0.2, 0.25) is 5.02 Å². The number of carbonyl (C=O) groups is 3. The average Bonchev–Trinajstić information content (AvgIpc) is 2.69. The van der Waals surface area contributed by atoms with Crippen LogP contribution in [-0.2, 0) is 9.59 Å². The fraction of sp³-hybridized carbons (Fsp3) is 0.438. The molecule has 0 radical (unpaired) electrons. The molecule has 0 saturated carbocycles. The Morgan fingerprint density at radius 3 is 2.70 bits per heavy atom. The maximum absolute atomic E-state index is 12.2. The molecule has 7 heteroatoms. The zero-order valence-electron chi connectivity index (χ0n) is 13.4. The topological polar surface area (TPSA) is 78.5 Å². The first-order chi connectivity index (χ1) is 10.8. The van der Waals surface area contributed by atoms with Crippen molar-refractivity contribution in [3.05, 3.63) is 28.8 Å². The number of carbonyl (C=O) groups excluding carboxylic acids is 3. The first-order valence-corrected chi connectivity index (χ1v) is 7.83. The van der Waals surface area contributed by atoms with Gasteiger partial charge in [0.15, 0.2) is 0 Å². The summed E-state index contributed by atoms with van der Waals surface area (Å²) in [5.41, 5.74) is 1.41. The maximum Gasteiger partial charge on any atom is 0.325 e. The highest BCUT2D eigenvalue weighted by Crippen LogP contribution is 2.20. The van der Waals surface area contributed by atoms with E-state index in [-0.39, 0.29) is 18.4 Å². The van der Waals surface area contributed by atoms with Gasteiger partial charge in [0.1, 0.15) is 12.6 Å². The quantitative estimate of drug-likeness (QED) is 0.810. The molecule has 0 aromatic heterocycles. The SMILES string of the molecule is Cc1cc(Cl)ccc1NC(=O)CN1C(=O)NC(CC(C)C)C1=O. The van der Waals surface area contributed by atoms with Crippen molar-refractivity contribution in [2.75, 3.05) is 11.9 Å². The van der Waals surface area contributed by atoms with Gasteiger partial charge in [-0.2, -0.15) is 0 Å². The minimum Gasteiger partial charge on any atom is -0.326 e. The van der Waals surface area contributed by atoms with Crippen LogP contribution in [0.4, 0.5) is 10.5 Å². The first kappa shape index (κ1) is 17.3. The molecule has 1 heterocycles. The van der Waals surface area contributed by atoms with Gasteiger partial charge in [0.2, 0.25) is 5.91 Å². The molecule has 23 heavy (non-hydrogen) atoms. The van der Waals surface area contributed by atoms with Crippen LogP contribution in [0.15, 0.2) is 18.2 Å². The molecule has 1 aliphatic heterocycles. The monoisotopic (exact) mass is 337 g/mol. The van der Waals surface area contributed by atoms with E-state index >= 15 is 0 Å². The number of hydrogen-bond donors (Lipinski definition) is 2. The van der Waals surface area contributed by atoms with Crippen LogP contribution in [0.1, 0.15) is 25.8 Å². The largest absolute Gasteiger partial charge is 0.326 e. The normalized spacial score (nSPS) is 17.6. The Labute approximate surface area is 140 Å². The Balaban J connectivity index is 1.99. The predicted molar refractivity (Wildman–Crippen MR) is 88.3 cm³/mol. The third-order valence-electron chi connectivity index (χ3n) is 3.58. The Bertz CT molecular complexity index is 645. The highest BCUT2D eigenvalue weighted by molar-refractivity contribution is 6.30. The molecule has 2 rings (SSSR count). The number of amides is 4. The second-order valence-corrected chi connectivity index (χ2v) is 6.50. The van der Waals surface area contributed by atoms with Gasteiger partial charge >= 0.3 is 6.03 Å². The van der Waals surface area contributed by atoms with Crippen molar-refractivity contribution >= 4 is 35.1 Å². The summed E-state index contributed by atoms with van der Waals surface area (Å²) >= 11 is 5.87.